The zero-order valence-corrected chi connectivity index (χ0v) is 13.1. The van der Waals surface area contributed by atoms with Crippen molar-refractivity contribution in [2.45, 2.75) is 0 Å². The molecule has 23 heavy (non-hydrogen) atoms. The molecule has 0 radical (unpaired) electrons. The van der Waals surface area contributed by atoms with Gasteiger partial charge in [0.05, 0.1) is 23.7 Å². The van der Waals surface area contributed by atoms with E-state index in [-0.39, 0.29) is 11.8 Å². The Kier molecular flexibility index (Phi) is 3.51. The SMILES string of the molecule is O=C1Nc2sc(C(=O)N3CCOCC3)cc2/C1=C/c1ccc[nH]1. The largest absolute Gasteiger partial charge is 0.378 e. The molecule has 0 aromatic carbocycles. The number of hydrogen-bond acceptors (Lipinski definition) is 4. The molecule has 0 atom stereocenters. The lowest BCUT2D eigenvalue weighted by Gasteiger charge is -2.26. The van der Waals surface area contributed by atoms with E-state index >= 15 is 0 Å². The number of H-pyrrole nitrogens is 1. The molecule has 1 saturated heterocycles. The number of carbonyl (C=O) groups is 2. The van der Waals surface area contributed by atoms with Crippen molar-refractivity contribution in [1.29, 1.82) is 0 Å². The van der Waals surface area contributed by atoms with Gasteiger partial charge in [-0.3, -0.25) is 9.59 Å². The number of ether oxygens (including phenoxy) is 1. The van der Waals surface area contributed by atoms with Gasteiger partial charge in [0.2, 0.25) is 0 Å². The number of carbonyl (C=O) groups excluding carboxylic acids is 2. The Bertz CT molecular complexity index is 786. The van der Waals surface area contributed by atoms with E-state index in [1.807, 2.05) is 18.2 Å². The van der Waals surface area contributed by atoms with E-state index in [1.54, 1.807) is 17.2 Å². The number of aromatic amines is 1. The molecule has 2 N–H and O–H groups in total. The maximum Gasteiger partial charge on any atom is 0.264 e. The standard InChI is InChI=1S/C16H15N3O3S/c20-14-11(8-10-2-1-3-17-10)12-9-13(23-15(12)18-14)16(21)19-4-6-22-7-5-19/h1-3,8-9,17H,4-7H2,(H,18,20)/b11-8-. The molecule has 118 valence electrons. The van der Waals surface area contributed by atoms with E-state index in [2.05, 4.69) is 10.3 Å². The lowest BCUT2D eigenvalue weighted by molar-refractivity contribution is -0.110. The highest BCUT2D eigenvalue weighted by molar-refractivity contribution is 7.18. The number of nitrogens with zero attached hydrogens (tertiary/aromatic N) is 1. The number of amides is 2. The molecule has 2 amide bonds. The molecule has 0 bridgehead atoms. The fourth-order valence-electron chi connectivity index (χ4n) is 2.74. The minimum atomic E-state index is -0.133. The van der Waals surface area contributed by atoms with Crippen LogP contribution in [0.25, 0.3) is 11.6 Å². The van der Waals surface area contributed by atoms with Crippen molar-refractivity contribution in [1.82, 2.24) is 9.88 Å². The Labute approximate surface area is 136 Å². The molecule has 0 unspecified atom stereocenters. The third-order valence-corrected chi connectivity index (χ3v) is 4.96. The number of aromatic nitrogens is 1. The summed E-state index contributed by atoms with van der Waals surface area (Å²) in [6, 6.07) is 5.58. The number of nitrogens with one attached hydrogen (secondary N) is 2. The van der Waals surface area contributed by atoms with Gasteiger partial charge in [-0.05, 0) is 24.3 Å². The molecule has 2 aromatic rings. The predicted molar refractivity (Wildman–Crippen MR) is 88.3 cm³/mol. The average molecular weight is 329 g/mol. The van der Waals surface area contributed by atoms with E-state index in [4.69, 9.17) is 4.74 Å². The molecule has 4 rings (SSSR count). The quantitative estimate of drug-likeness (QED) is 0.828. The molecule has 7 heteroatoms. The highest BCUT2D eigenvalue weighted by Crippen LogP contribution is 2.40. The van der Waals surface area contributed by atoms with Crippen LogP contribution in [0.15, 0.2) is 24.4 Å². The van der Waals surface area contributed by atoms with Crippen LogP contribution in [0.4, 0.5) is 5.00 Å². The van der Waals surface area contributed by atoms with Gasteiger partial charge in [0.1, 0.15) is 5.00 Å². The summed E-state index contributed by atoms with van der Waals surface area (Å²) < 4.78 is 5.28. The fraction of sp³-hybridized carbons (Fsp3) is 0.250. The lowest BCUT2D eigenvalue weighted by atomic mass is 10.1. The van der Waals surface area contributed by atoms with Crippen molar-refractivity contribution >= 4 is 39.8 Å². The summed E-state index contributed by atoms with van der Waals surface area (Å²) in [6.07, 6.45) is 3.61. The monoisotopic (exact) mass is 329 g/mol. The van der Waals surface area contributed by atoms with Gasteiger partial charge in [-0.1, -0.05) is 0 Å². The van der Waals surface area contributed by atoms with Crippen LogP contribution in [-0.2, 0) is 9.53 Å². The highest BCUT2D eigenvalue weighted by Gasteiger charge is 2.30. The zero-order chi connectivity index (χ0) is 15.8. The van der Waals surface area contributed by atoms with Crippen molar-refractivity contribution in [3.63, 3.8) is 0 Å². The van der Waals surface area contributed by atoms with Crippen molar-refractivity contribution in [2.24, 2.45) is 0 Å². The Hall–Kier alpha value is -2.38. The molecular formula is C16H15N3O3S. The van der Waals surface area contributed by atoms with Gasteiger partial charge < -0.3 is 19.9 Å². The normalized spacial score (nSPS) is 19.0. The summed E-state index contributed by atoms with van der Waals surface area (Å²) in [4.78, 5) is 30.2. The molecule has 4 heterocycles. The Balaban J connectivity index is 1.64. The van der Waals surface area contributed by atoms with Gasteiger partial charge in [-0.15, -0.1) is 11.3 Å². The summed E-state index contributed by atoms with van der Waals surface area (Å²) in [6.45, 7) is 2.37. The van der Waals surface area contributed by atoms with Gasteiger partial charge in [-0.2, -0.15) is 0 Å². The van der Waals surface area contributed by atoms with Crippen LogP contribution in [0, 0.1) is 0 Å². The maximum atomic E-state index is 12.6. The second-order valence-electron chi connectivity index (χ2n) is 5.40. The number of rotatable bonds is 2. The number of thiophene rings is 1. The van der Waals surface area contributed by atoms with Crippen LogP contribution in [0.5, 0.6) is 0 Å². The molecule has 0 saturated carbocycles. The Morgan fingerprint density at radius 2 is 2.17 bits per heavy atom. The molecular weight excluding hydrogens is 314 g/mol. The summed E-state index contributed by atoms with van der Waals surface area (Å²) in [5, 5.41) is 3.58. The third-order valence-electron chi connectivity index (χ3n) is 3.92. The first-order valence-electron chi connectivity index (χ1n) is 7.40. The summed E-state index contributed by atoms with van der Waals surface area (Å²) in [5.41, 5.74) is 2.24. The predicted octanol–water partition coefficient (Wildman–Crippen LogP) is 2.04. The van der Waals surface area contributed by atoms with Gasteiger partial charge in [0.25, 0.3) is 11.8 Å². The first-order valence-corrected chi connectivity index (χ1v) is 8.22. The van der Waals surface area contributed by atoms with E-state index in [0.717, 1.165) is 16.3 Å². The number of fused-ring (bicyclic) bond motifs is 1. The van der Waals surface area contributed by atoms with Crippen molar-refractivity contribution in [3.8, 4) is 0 Å². The molecule has 2 aliphatic heterocycles. The van der Waals surface area contributed by atoms with Crippen LogP contribution >= 0.6 is 11.3 Å². The number of hydrogen-bond donors (Lipinski definition) is 2. The third kappa shape index (κ3) is 2.58. The van der Waals surface area contributed by atoms with Crippen LogP contribution in [0.1, 0.15) is 20.9 Å². The smallest absolute Gasteiger partial charge is 0.264 e. The fourth-order valence-corrected chi connectivity index (χ4v) is 3.77. The maximum absolute atomic E-state index is 12.6. The van der Waals surface area contributed by atoms with Gasteiger partial charge in [0.15, 0.2) is 0 Å². The molecule has 0 aliphatic carbocycles. The van der Waals surface area contributed by atoms with Crippen molar-refractivity contribution < 1.29 is 14.3 Å². The topological polar surface area (TPSA) is 74.4 Å². The van der Waals surface area contributed by atoms with Gasteiger partial charge >= 0.3 is 0 Å². The van der Waals surface area contributed by atoms with Crippen LogP contribution in [0.2, 0.25) is 0 Å². The lowest BCUT2D eigenvalue weighted by Crippen LogP contribution is -2.40. The molecule has 2 aliphatic rings. The Morgan fingerprint density at radius 3 is 2.91 bits per heavy atom. The Morgan fingerprint density at radius 1 is 1.35 bits per heavy atom. The van der Waals surface area contributed by atoms with Gasteiger partial charge in [0, 0.05) is 30.5 Å². The minimum absolute atomic E-state index is 0.00109. The van der Waals surface area contributed by atoms with Crippen molar-refractivity contribution in [3.05, 3.63) is 40.5 Å². The second kappa shape index (κ2) is 5.68. The first kappa shape index (κ1) is 14.2. The van der Waals surface area contributed by atoms with Crippen molar-refractivity contribution in [2.75, 3.05) is 31.6 Å². The highest BCUT2D eigenvalue weighted by atomic mass is 32.1. The van der Waals surface area contributed by atoms with Crippen LogP contribution in [0.3, 0.4) is 0 Å². The van der Waals surface area contributed by atoms with E-state index in [9.17, 15) is 9.59 Å². The van der Waals surface area contributed by atoms with E-state index in [0.29, 0.717) is 36.8 Å². The number of anilines is 1. The second-order valence-corrected chi connectivity index (χ2v) is 6.45. The number of morpholine rings is 1. The zero-order valence-electron chi connectivity index (χ0n) is 12.3. The van der Waals surface area contributed by atoms with Crippen LogP contribution in [-0.4, -0.2) is 48.0 Å². The van der Waals surface area contributed by atoms with E-state index < -0.39 is 0 Å². The summed E-state index contributed by atoms with van der Waals surface area (Å²) >= 11 is 1.33. The minimum Gasteiger partial charge on any atom is -0.378 e. The average Bonchev–Trinajstić information content (AvgIpc) is 3.27. The molecule has 1 fully saturated rings. The molecule has 2 aromatic heterocycles. The molecule has 0 spiro atoms. The first-order chi connectivity index (χ1) is 11.2. The van der Waals surface area contributed by atoms with E-state index in [1.165, 1.54) is 11.3 Å². The van der Waals surface area contributed by atoms with Gasteiger partial charge in [-0.25, -0.2) is 0 Å². The van der Waals surface area contributed by atoms with Crippen LogP contribution < -0.4 is 5.32 Å². The summed E-state index contributed by atoms with van der Waals surface area (Å²) in [5.74, 6) is -0.132. The molecule has 6 nitrogen and oxygen atoms in total. The summed E-state index contributed by atoms with van der Waals surface area (Å²) in [7, 11) is 0.